The second-order valence-electron chi connectivity index (χ2n) is 7.09. The van der Waals surface area contributed by atoms with E-state index in [-0.39, 0.29) is 11.2 Å². The Kier molecular flexibility index (Phi) is 4.04. The summed E-state index contributed by atoms with van der Waals surface area (Å²) >= 11 is 6.08. The van der Waals surface area contributed by atoms with Crippen LogP contribution < -0.4 is 11.2 Å². The fourth-order valence-corrected chi connectivity index (χ4v) is 4.27. The fraction of sp³-hybridized carbons (Fsp3) is 0.238. The topological polar surface area (TPSA) is 71.3 Å². The zero-order valence-corrected chi connectivity index (χ0v) is 16.6. The molecule has 1 atom stereocenters. The molecule has 0 spiro atoms. The molecule has 0 fully saturated rings. The molecule has 0 radical (unpaired) electrons. The smallest absolute Gasteiger partial charge is 0.331 e. The van der Waals surface area contributed by atoms with Gasteiger partial charge in [-0.2, -0.15) is 0 Å². The van der Waals surface area contributed by atoms with Gasteiger partial charge in [-0.15, -0.1) is 0 Å². The van der Waals surface area contributed by atoms with Gasteiger partial charge in [-0.25, -0.2) is 4.79 Å². The molecule has 7 nitrogen and oxygen atoms in total. The molecule has 148 valence electrons. The average molecular weight is 412 g/mol. The number of ether oxygens (including phenoxy) is 1. The van der Waals surface area contributed by atoms with Gasteiger partial charge in [0.1, 0.15) is 5.76 Å². The van der Waals surface area contributed by atoms with Crippen molar-refractivity contribution >= 4 is 22.5 Å². The summed E-state index contributed by atoms with van der Waals surface area (Å²) in [6.45, 7) is 1.00. The van der Waals surface area contributed by atoms with Crippen LogP contribution in [0, 0.1) is 0 Å². The van der Waals surface area contributed by atoms with Crippen LogP contribution in [-0.2, 0) is 25.4 Å². The minimum Gasteiger partial charge on any atom is -0.466 e. The molecule has 0 N–H and O–H groups in total. The number of benzene rings is 1. The molecule has 0 amide bonds. The lowest BCUT2D eigenvalue weighted by molar-refractivity contribution is 0.0347. The highest BCUT2D eigenvalue weighted by Crippen LogP contribution is 2.40. The maximum absolute atomic E-state index is 13.2. The molecule has 4 aromatic rings. The van der Waals surface area contributed by atoms with Gasteiger partial charge >= 0.3 is 5.69 Å². The molecule has 8 heteroatoms. The van der Waals surface area contributed by atoms with E-state index in [0.717, 1.165) is 21.5 Å². The van der Waals surface area contributed by atoms with Crippen LogP contribution in [0.15, 0.2) is 56.7 Å². The predicted molar refractivity (Wildman–Crippen MR) is 109 cm³/mol. The van der Waals surface area contributed by atoms with E-state index in [4.69, 9.17) is 20.8 Å². The van der Waals surface area contributed by atoms with Gasteiger partial charge in [0.15, 0.2) is 6.10 Å². The maximum atomic E-state index is 13.2. The normalized spacial score (nSPS) is 16.3. The lowest BCUT2D eigenvalue weighted by atomic mass is 10.1. The summed E-state index contributed by atoms with van der Waals surface area (Å²) in [7, 11) is 3.16. The van der Waals surface area contributed by atoms with Crippen molar-refractivity contribution in [2.45, 2.75) is 12.6 Å². The molecule has 4 heterocycles. The molecule has 0 unspecified atom stereocenters. The quantitative estimate of drug-likeness (QED) is 0.508. The van der Waals surface area contributed by atoms with Crippen LogP contribution in [0.3, 0.4) is 0 Å². The van der Waals surface area contributed by atoms with Gasteiger partial charge in [-0.05, 0) is 29.8 Å². The molecule has 1 aliphatic heterocycles. The Balaban J connectivity index is 1.97. The van der Waals surface area contributed by atoms with Crippen molar-refractivity contribution < 1.29 is 9.15 Å². The van der Waals surface area contributed by atoms with Crippen LogP contribution in [0.4, 0.5) is 0 Å². The lowest BCUT2D eigenvalue weighted by Gasteiger charge is -2.26. The Morgan fingerprint density at radius 2 is 1.83 bits per heavy atom. The Hall–Kier alpha value is -3.03. The predicted octanol–water partition coefficient (Wildman–Crippen LogP) is 3.07. The summed E-state index contributed by atoms with van der Waals surface area (Å²) in [6, 6.07) is 11.0. The number of aromatic nitrogens is 3. The van der Waals surface area contributed by atoms with Crippen molar-refractivity contribution in [3.63, 3.8) is 0 Å². The number of hydrogen-bond donors (Lipinski definition) is 0. The number of hydrogen-bond acceptors (Lipinski definition) is 4. The van der Waals surface area contributed by atoms with Crippen molar-refractivity contribution in [1.82, 2.24) is 13.7 Å². The Bertz CT molecular complexity index is 1340. The van der Waals surface area contributed by atoms with E-state index in [9.17, 15) is 9.59 Å². The zero-order chi connectivity index (χ0) is 20.3. The first kappa shape index (κ1) is 18.0. The summed E-state index contributed by atoms with van der Waals surface area (Å²) < 4.78 is 16.3. The second-order valence-corrected chi connectivity index (χ2v) is 7.52. The van der Waals surface area contributed by atoms with Gasteiger partial charge in [0.25, 0.3) is 5.56 Å². The summed E-state index contributed by atoms with van der Waals surface area (Å²) in [5.41, 5.74) is 2.17. The fourth-order valence-electron chi connectivity index (χ4n) is 4.14. The van der Waals surface area contributed by atoms with Crippen LogP contribution in [-0.4, -0.2) is 20.3 Å². The third kappa shape index (κ3) is 2.54. The molecule has 0 saturated carbocycles. The number of nitrogens with zero attached hydrogens (tertiary/aromatic N) is 3. The molecule has 0 saturated heterocycles. The van der Waals surface area contributed by atoms with E-state index in [1.165, 1.54) is 11.6 Å². The maximum Gasteiger partial charge on any atom is 0.331 e. The SMILES string of the molecule is Cn1c(=O)c2c(-c3ccc(Cl)cc3)n3c(c2n(C)c1=O)[C@@H](c1ccco1)OCC3. The highest BCUT2D eigenvalue weighted by atomic mass is 35.5. The minimum absolute atomic E-state index is 0.340. The number of aryl methyl sites for hydroxylation is 1. The molecule has 5 rings (SSSR count). The van der Waals surface area contributed by atoms with Gasteiger partial charge in [0.05, 0.1) is 35.2 Å². The van der Waals surface area contributed by atoms with Crippen molar-refractivity contribution in [1.29, 1.82) is 0 Å². The van der Waals surface area contributed by atoms with Crippen LogP contribution in [0.25, 0.3) is 22.2 Å². The Morgan fingerprint density at radius 1 is 1.07 bits per heavy atom. The number of rotatable bonds is 2. The Morgan fingerprint density at radius 3 is 2.52 bits per heavy atom. The zero-order valence-electron chi connectivity index (χ0n) is 15.9. The molecule has 0 bridgehead atoms. The first-order valence-electron chi connectivity index (χ1n) is 9.22. The molecule has 1 aromatic carbocycles. The van der Waals surface area contributed by atoms with Crippen LogP contribution in [0.5, 0.6) is 0 Å². The molecule has 3 aromatic heterocycles. The third-order valence-electron chi connectivity index (χ3n) is 5.47. The lowest BCUT2D eigenvalue weighted by Crippen LogP contribution is -2.37. The van der Waals surface area contributed by atoms with Gasteiger partial charge in [0, 0.05) is 25.7 Å². The summed E-state index contributed by atoms with van der Waals surface area (Å²) in [6.07, 6.45) is 1.07. The van der Waals surface area contributed by atoms with E-state index in [1.807, 2.05) is 18.2 Å². The molecular weight excluding hydrogens is 394 g/mol. The van der Waals surface area contributed by atoms with Gasteiger partial charge in [-0.1, -0.05) is 23.7 Å². The number of furan rings is 1. The third-order valence-corrected chi connectivity index (χ3v) is 5.72. The van der Waals surface area contributed by atoms with Crippen molar-refractivity contribution in [3.05, 3.63) is 80.0 Å². The monoisotopic (exact) mass is 411 g/mol. The molecule has 1 aliphatic rings. The Labute approximate surface area is 170 Å². The average Bonchev–Trinajstić information content (AvgIpc) is 3.37. The minimum atomic E-state index is -0.514. The van der Waals surface area contributed by atoms with Crippen molar-refractivity contribution in [2.75, 3.05) is 6.61 Å². The highest BCUT2D eigenvalue weighted by Gasteiger charge is 2.34. The summed E-state index contributed by atoms with van der Waals surface area (Å²) in [4.78, 5) is 25.9. The summed E-state index contributed by atoms with van der Waals surface area (Å²) in [5.74, 6) is 0.626. The van der Waals surface area contributed by atoms with Gasteiger partial charge < -0.3 is 13.7 Å². The largest absolute Gasteiger partial charge is 0.466 e. The first-order valence-corrected chi connectivity index (χ1v) is 9.60. The van der Waals surface area contributed by atoms with Crippen LogP contribution in [0.1, 0.15) is 17.6 Å². The van der Waals surface area contributed by atoms with Crippen LogP contribution in [0.2, 0.25) is 5.02 Å². The van der Waals surface area contributed by atoms with E-state index in [2.05, 4.69) is 4.57 Å². The first-order chi connectivity index (χ1) is 14.0. The summed E-state index contributed by atoms with van der Waals surface area (Å²) in [5, 5.41) is 1.09. The number of halogens is 1. The van der Waals surface area contributed by atoms with Crippen molar-refractivity contribution in [2.24, 2.45) is 14.1 Å². The van der Waals surface area contributed by atoms with Crippen molar-refractivity contribution in [3.8, 4) is 11.3 Å². The van der Waals surface area contributed by atoms with Crippen LogP contribution >= 0.6 is 11.6 Å². The van der Waals surface area contributed by atoms with Gasteiger partial charge in [-0.3, -0.25) is 13.9 Å². The van der Waals surface area contributed by atoms with E-state index in [1.54, 1.807) is 31.5 Å². The van der Waals surface area contributed by atoms with E-state index in [0.29, 0.717) is 34.8 Å². The molecule has 29 heavy (non-hydrogen) atoms. The number of fused-ring (bicyclic) bond motifs is 3. The molecule has 0 aliphatic carbocycles. The second kappa shape index (κ2) is 6.50. The standard InChI is InChI=1S/C21H18ClN3O4/c1-23-17-15(20(26)24(2)21(23)27)16(12-5-7-13(22)8-6-12)25-9-11-29-19(18(17)25)14-4-3-10-28-14/h3-8,10,19H,9,11H2,1-2H3/t19-/m1/s1. The van der Waals surface area contributed by atoms with Gasteiger partial charge in [0.2, 0.25) is 0 Å². The van der Waals surface area contributed by atoms with E-state index < -0.39 is 6.10 Å². The van der Waals surface area contributed by atoms with E-state index >= 15 is 0 Å². The highest BCUT2D eigenvalue weighted by molar-refractivity contribution is 6.30. The molecular formula is C21H18ClN3O4.